The third-order valence-electron chi connectivity index (χ3n) is 3.41. The highest BCUT2D eigenvalue weighted by atomic mass is 79.9. The second-order valence-corrected chi connectivity index (χ2v) is 4.71. The van der Waals surface area contributed by atoms with Crippen LogP contribution in [0.25, 0.3) is 0 Å². The molecule has 0 spiro atoms. The predicted molar refractivity (Wildman–Crippen MR) is 48.7 cm³/mol. The van der Waals surface area contributed by atoms with Crippen molar-refractivity contribution in [3.63, 3.8) is 0 Å². The van der Waals surface area contributed by atoms with E-state index < -0.39 is 0 Å². The molecule has 2 aliphatic carbocycles. The van der Waals surface area contributed by atoms with Crippen molar-refractivity contribution in [2.45, 2.75) is 31.8 Å². The van der Waals surface area contributed by atoms with E-state index in [1.54, 1.807) is 0 Å². The third kappa shape index (κ3) is 1.35. The molecule has 2 aliphatic rings. The summed E-state index contributed by atoms with van der Waals surface area (Å²) < 4.78 is 0. The van der Waals surface area contributed by atoms with Crippen LogP contribution in [0, 0.1) is 17.8 Å². The van der Waals surface area contributed by atoms with E-state index in [9.17, 15) is 5.11 Å². The van der Waals surface area contributed by atoms with Crippen molar-refractivity contribution in [3.05, 3.63) is 0 Å². The number of rotatable bonds is 1. The summed E-state index contributed by atoms with van der Waals surface area (Å²) >= 11 is 3.53. The Morgan fingerprint density at radius 3 is 2.82 bits per heavy atom. The number of alkyl halides is 1. The van der Waals surface area contributed by atoms with Crippen LogP contribution in [0.5, 0.6) is 0 Å². The Bertz CT molecular complexity index is 146. The van der Waals surface area contributed by atoms with Crippen LogP contribution < -0.4 is 0 Å². The summed E-state index contributed by atoms with van der Waals surface area (Å²) in [5, 5.41) is 10.8. The molecule has 1 N–H and O–H groups in total. The van der Waals surface area contributed by atoms with Gasteiger partial charge in [-0.25, -0.2) is 0 Å². The maximum absolute atomic E-state index is 9.68. The minimum atomic E-state index is 0.0105. The highest BCUT2D eigenvalue weighted by Crippen LogP contribution is 2.46. The molecule has 0 aromatic carbocycles. The van der Waals surface area contributed by atoms with Crippen molar-refractivity contribution < 1.29 is 5.11 Å². The fourth-order valence-corrected chi connectivity index (χ4v) is 3.53. The van der Waals surface area contributed by atoms with Crippen molar-refractivity contribution in [2.75, 3.05) is 5.33 Å². The molecule has 0 saturated heterocycles. The van der Waals surface area contributed by atoms with Crippen LogP contribution in [0.1, 0.15) is 25.7 Å². The van der Waals surface area contributed by atoms with Gasteiger partial charge >= 0.3 is 0 Å². The van der Waals surface area contributed by atoms with Crippen LogP contribution in [0.3, 0.4) is 0 Å². The summed E-state index contributed by atoms with van der Waals surface area (Å²) in [6.45, 7) is 0. The molecule has 2 fully saturated rings. The summed E-state index contributed by atoms with van der Waals surface area (Å²) in [7, 11) is 0. The van der Waals surface area contributed by atoms with Crippen molar-refractivity contribution in [1.82, 2.24) is 0 Å². The minimum absolute atomic E-state index is 0.0105. The summed E-state index contributed by atoms with van der Waals surface area (Å²) in [4.78, 5) is 0. The number of fused-ring (bicyclic) bond motifs is 2. The van der Waals surface area contributed by atoms with E-state index in [2.05, 4.69) is 15.9 Å². The van der Waals surface area contributed by atoms with Gasteiger partial charge < -0.3 is 5.11 Å². The average Bonchev–Trinajstić information content (AvgIpc) is 2.37. The Balaban J connectivity index is 2.06. The molecule has 2 saturated carbocycles. The van der Waals surface area contributed by atoms with E-state index in [-0.39, 0.29) is 6.10 Å². The summed E-state index contributed by atoms with van der Waals surface area (Å²) in [6, 6.07) is 0. The van der Waals surface area contributed by atoms with E-state index in [4.69, 9.17) is 0 Å². The van der Waals surface area contributed by atoms with Crippen molar-refractivity contribution in [2.24, 2.45) is 17.8 Å². The summed E-state index contributed by atoms with van der Waals surface area (Å²) in [6.07, 6.45) is 4.97. The molecule has 0 amide bonds. The van der Waals surface area contributed by atoms with E-state index in [1.165, 1.54) is 19.3 Å². The number of hydrogen-bond acceptors (Lipinski definition) is 1. The minimum Gasteiger partial charge on any atom is -0.393 e. The zero-order chi connectivity index (χ0) is 7.84. The summed E-state index contributed by atoms with van der Waals surface area (Å²) in [5.74, 6) is 2.32. The lowest BCUT2D eigenvalue weighted by Crippen LogP contribution is -2.26. The normalized spacial score (nSPS) is 49.6. The quantitative estimate of drug-likeness (QED) is 0.670. The molecular formula is C9H15BrO. The smallest absolute Gasteiger partial charge is 0.0571 e. The van der Waals surface area contributed by atoms with Crippen molar-refractivity contribution >= 4 is 15.9 Å². The molecule has 0 aromatic rings. The second kappa shape index (κ2) is 3.06. The van der Waals surface area contributed by atoms with Gasteiger partial charge in [-0.05, 0) is 43.4 Å². The standard InChI is InChI=1S/C9H15BrO/c10-5-7-3-6-1-2-9(11)8(7)4-6/h6-9,11H,1-5H2/t6-,7+,8-,9-/m0/s1. The van der Waals surface area contributed by atoms with Crippen LogP contribution in [-0.2, 0) is 0 Å². The van der Waals surface area contributed by atoms with Crippen LogP contribution in [0.15, 0.2) is 0 Å². The van der Waals surface area contributed by atoms with E-state index in [0.29, 0.717) is 5.92 Å². The summed E-state index contributed by atoms with van der Waals surface area (Å²) in [5.41, 5.74) is 0. The van der Waals surface area contributed by atoms with Gasteiger partial charge in [-0.1, -0.05) is 15.9 Å². The second-order valence-electron chi connectivity index (χ2n) is 4.06. The van der Waals surface area contributed by atoms with E-state index >= 15 is 0 Å². The van der Waals surface area contributed by atoms with Gasteiger partial charge in [0.2, 0.25) is 0 Å². The maximum Gasteiger partial charge on any atom is 0.0571 e. The Labute approximate surface area is 76.3 Å². The van der Waals surface area contributed by atoms with Crippen LogP contribution >= 0.6 is 15.9 Å². The molecule has 0 radical (unpaired) electrons. The number of halogens is 1. The zero-order valence-electron chi connectivity index (χ0n) is 6.67. The lowest BCUT2D eigenvalue weighted by atomic mass is 9.85. The molecule has 2 rings (SSSR count). The largest absolute Gasteiger partial charge is 0.393 e. The van der Waals surface area contributed by atoms with Gasteiger partial charge in [-0.2, -0.15) is 0 Å². The van der Waals surface area contributed by atoms with Gasteiger partial charge in [0, 0.05) is 5.33 Å². The lowest BCUT2D eigenvalue weighted by Gasteiger charge is -2.26. The Morgan fingerprint density at radius 1 is 1.27 bits per heavy atom. The monoisotopic (exact) mass is 218 g/mol. The molecule has 0 heterocycles. The van der Waals surface area contributed by atoms with Gasteiger partial charge in [0.1, 0.15) is 0 Å². The first-order chi connectivity index (χ1) is 5.31. The highest BCUT2D eigenvalue weighted by molar-refractivity contribution is 9.09. The van der Waals surface area contributed by atoms with Crippen LogP contribution in [0.2, 0.25) is 0 Å². The molecule has 2 bridgehead atoms. The fraction of sp³-hybridized carbons (Fsp3) is 1.00. The molecule has 0 aromatic heterocycles. The van der Waals surface area contributed by atoms with Crippen LogP contribution in [-0.4, -0.2) is 16.5 Å². The average molecular weight is 219 g/mol. The first-order valence-corrected chi connectivity index (χ1v) is 5.67. The molecule has 2 heteroatoms. The van der Waals surface area contributed by atoms with Gasteiger partial charge in [-0.3, -0.25) is 0 Å². The molecular weight excluding hydrogens is 204 g/mol. The lowest BCUT2D eigenvalue weighted by molar-refractivity contribution is 0.0640. The first kappa shape index (κ1) is 8.06. The Hall–Kier alpha value is 0.440. The maximum atomic E-state index is 9.68. The first-order valence-electron chi connectivity index (χ1n) is 4.55. The number of aliphatic hydroxyl groups is 1. The Morgan fingerprint density at radius 2 is 2.09 bits per heavy atom. The van der Waals surface area contributed by atoms with Gasteiger partial charge in [0.25, 0.3) is 0 Å². The molecule has 0 unspecified atom stereocenters. The van der Waals surface area contributed by atoms with E-state index in [0.717, 1.165) is 23.6 Å². The van der Waals surface area contributed by atoms with E-state index in [1.807, 2.05) is 0 Å². The topological polar surface area (TPSA) is 20.2 Å². The number of aliphatic hydroxyl groups excluding tert-OH is 1. The number of hydrogen-bond donors (Lipinski definition) is 1. The Kier molecular flexibility index (Phi) is 2.24. The molecule has 64 valence electrons. The van der Waals surface area contributed by atoms with Crippen molar-refractivity contribution in [1.29, 1.82) is 0 Å². The van der Waals surface area contributed by atoms with Gasteiger partial charge in [0.05, 0.1) is 6.10 Å². The fourth-order valence-electron chi connectivity index (χ4n) is 2.78. The van der Waals surface area contributed by atoms with Crippen LogP contribution in [0.4, 0.5) is 0 Å². The van der Waals surface area contributed by atoms with Gasteiger partial charge in [-0.15, -0.1) is 0 Å². The molecule has 4 atom stereocenters. The molecule has 1 nitrogen and oxygen atoms in total. The van der Waals surface area contributed by atoms with Crippen molar-refractivity contribution in [3.8, 4) is 0 Å². The predicted octanol–water partition coefficient (Wildman–Crippen LogP) is 2.18. The highest BCUT2D eigenvalue weighted by Gasteiger charge is 2.41. The SMILES string of the molecule is O[C@H]1CC[C@H]2C[C@H](CBr)[C@@H]1C2. The van der Waals surface area contributed by atoms with Gasteiger partial charge in [0.15, 0.2) is 0 Å². The zero-order valence-corrected chi connectivity index (χ0v) is 8.26. The third-order valence-corrected chi connectivity index (χ3v) is 4.24. The molecule has 0 aliphatic heterocycles. The molecule has 11 heavy (non-hydrogen) atoms.